The molecule has 1 saturated heterocycles. The summed E-state index contributed by atoms with van der Waals surface area (Å²) in [6.45, 7) is 4.73. The molecule has 1 N–H and O–H groups in total. The molecule has 0 radical (unpaired) electrons. The Bertz CT molecular complexity index is 802. The Balaban J connectivity index is 2.05. The van der Waals surface area contributed by atoms with Crippen LogP contribution in [0.15, 0.2) is 39.4 Å². The number of esters is 1. The number of nitrogens with one attached hydrogen (secondary N) is 1. The van der Waals surface area contributed by atoms with Crippen molar-refractivity contribution in [1.29, 1.82) is 0 Å². The maximum atomic E-state index is 11.7. The van der Waals surface area contributed by atoms with Gasteiger partial charge in [0.15, 0.2) is 16.7 Å². The minimum atomic E-state index is -0.607. The van der Waals surface area contributed by atoms with E-state index in [0.29, 0.717) is 24.0 Å². The molecule has 0 spiro atoms. The molecule has 1 fully saturated rings. The molecule has 1 amide bonds. The Morgan fingerprint density at radius 3 is 2.74 bits per heavy atom. The van der Waals surface area contributed by atoms with Crippen molar-refractivity contribution in [3.63, 3.8) is 0 Å². The molecule has 0 aromatic heterocycles. The van der Waals surface area contributed by atoms with Gasteiger partial charge in [0, 0.05) is 6.08 Å². The van der Waals surface area contributed by atoms with E-state index in [1.807, 2.05) is 6.07 Å². The first kappa shape index (κ1) is 20.5. The van der Waals surface area contributed by atoms with Crippen LogP contribution in [0, 0.1) is 5.92 Å². The number of nitrogens with zero attached hydrogens (tertiary/aromatic N) is 2. The zero-order valence-corrected chi connectivity index (χ0v) is 16.3. The first-order valence-corrected chi connectivity index (χ1v) is 8.95. The molecule has 2 rings (SSSR count). The molecule has 1 aliphatic heterocycles. The van der Waals surface area contributed by atoms with Crippen LogP contribution >= 0.6 is 11.8 Å². The van der Waals surface area contributed by atoms with Gasteiger partial charge in [-0.25, -0.2) is 4.79 Å². The van der Waals surface area contributed by atoms with Crippen LogP contribution in [0.2, 0.25) is 0 Å². The van der Waals surface area contributed by atoms with E-state index in [-0.39, 0.29) is 10.1 Å². The molecule has 0 unspecified atom stereocenters. The number of benzene rings is 1. The van der Waals surface area contributed by atoms with Gasteiger partial charge < -0.3 is 14.2 Å². The lowest BCUT2D eigenvalue weighted by molar-refractivity contribution is -0.135. The van der Waals surface area contributed by atoms with Crippen molar-refractivity contribution in [2.75, 3.05) is 20.8 Å². The van der Waals surface area contributed by atoms with Crippen LogP contribution in [0.3, 0.4) is 0 Å². The molecule has 0 bridgehead atoms. The largest absolute Gasteiger partial charge is 0.493 e. The highest BCUT2D eigenvalue weighted by molar-refractivity contribution is 8.18. The minimum Gasteiger partial charge on any atom is -0.493 e. The Hall–Kier alpha value is -2.81. The number of methoxy groups -OCH3 is 2. The summed E-state index contributed by atoms with van der Waals surface area (Å²) in [7, 11) is 2.81. The monoisotopic (exact) mass is 391 g/mol. The van der Waals surface area contributed by atoms with Crippen molar-refractivity contribution in [2.45, 2.75) is 13.8 Å². The Kier molecular flexibility index (Phi) is 7.42. The minimum absolute atomic E-state index is 0.198. The zero-order chi connectivity index (χ0) is 19.8. The number of hydrogen-bond donors (Lipinski definition) is 1. The normalized spacial score (nSPS) is 17.0. The van der Waals surface area contributed by atoms with Crippen LogP contribution < -0.4 is 14.8 Å². The van der Waals surface area contributed by atoms with E-state index in [2.05, 4.69) is 34.1 Å². The molecule has 0 saturated carbocycles. The van der Waals surface area contributed by atoms with Crippen molar-refractivity contribution in [3.05, 3.63) is 34.7 Å². The van der Waals surface area contributed by atoms with E-state index in [9.17, 15) is 9.59 Å². The highest BCUT2D eigenvalue weighted by Crippen LogP contribution is 2.28. The third-order valence-corrected chi connectivity index (χ3v) is 4.12. The van der Waals surface area contributed by atoms with Gasteiger partial charge in [-0.05, 0) is 41.4 Å². The molecule has 0 aliphatic carbocycles. The maximum absolute atomic E-state index is 11.7. The van der Waals surface area contributed by atoms with Crippen molar-refractivity contribution in [2.24, 2.45) is 16.1 Å². The molecule has 1 aromatic carbocycles. The third kappa shape index (κ3) is 6.14. The van der Waals surface area contributed by atoms with Gasteiger partial charge >= 0.3 is 5.97 Å². The number of carbonyl (C=O) groups is 2. The third-order valence-electron chi connectivity index (χ3n) is 3.22. The van der Waals surface area contributed by atoms with Crippen molar-refractivity contribution in [3.8, 4) is 11.5 Å². The number of amides is 1. The summed E-state index contributed by atoms with van der Waals surface area (Å²) in [4.78, 5) is 23.1. The number of rotatable bonds is 7. The summed E-state index contributed by atoms with van der Waals surface area (Å²) in [5.41, 5.74) is 0.757. The average Bonchev–Trinajstić information content (AvgIpc) is 2.99. The molecular weight excluding hydrogens is 370 g/mol. The molecular formula is C18H21N3O5S. The van der Waals surface area contributed by atoms with Gasteiger partial charge in [-0.1, -0.05) is 13.8 Å². The highest BCUT2D eigenvalue weighted by Gasteiger charge is 2.24. The second kappa shape index (κ2) is 9.77. The highest BCUT2D eigenvalue weighted by atomic mass is 32.2. The lowest BCUT2D eigenvalue weighted by atomic mass is 10.2. The first-order chi connectivity index (χ1) is 12.9. The topological polar surface area (TPSA) is 98.6 Å². The first-order valence-electron chi connectivity index (χ1n) is 8.13. The molecule has 144 valence electrons. The number of hydrogen-bond acceptors (Lipinski definition) is 8. The second-order valence-corrected chi connectivity index (χ2v) is 6.88. The van der Waals surface area contributed by atoms with Gasteiger partial charge in [0.05, 0.1) is 31.9 Å². The van der Waals surface area contributed by atoms with Gasteiger partial charge in [0.2, 0.25) is 0 Å². The fraction of sp³-hybridized carbons (Fsp3) is 0.333. The average molecular weight is 391 g/mol. The van der Waals surface area contributed by atoms with E-state index < -0.39 is 11.9 Å². The predicted molar refractivity (Wildman–Crippen MR) is 104 cm³/mol. The van der Waals surface area contributed by atoms with E-state index in [4.69, 9.17) is 9.47 Å². The fourth-order valence-corrected chi connectivity index (χ4v) is 2.67. The van der Waals surface area contributed by atoms with Crippen LogP contribution in [0.1, 0.15) is 19.4 Å². The van der Waals surface area contributed by atoms with Crippen molar-refractivity contribution < 1.29 is 23.8 Å². The van der Waals surface area contributed by atoms with Gasteiger partial charge in [0.1, 0.15) is 0 Å². The summed E-state index contributed by atoms with van der Waals surface area (Å²) in [6.07, 6.45) is 2.63. The van der Waals surface area contributed by atoms with Crippen LogP contribution in [0.4, 0.5) is 0 Å². The van der Waals surface area contributed by atoms with E-state index in [1.165, 1.54) is 13.3 Å². The number of carbonyl (C=O) groups excluding carboxylic acids is 2. The van der Waals surface area contributed by atoms with E-state index >= 15 is 0 Å². The maximum Gasteiger partial charge on any atom is 0.331 e. The van der Waals surface area contributed by atoms with Crippen molar-refractivity contribution in [1.82, 2.24) is 5.32 Å². The Morgan fingerprint density at radius 2 is 2.07 bits per heavy atom. The summed E-state index contributed by atoms with van der Waals surface area (Å²) >= 11 is 1.01. The Labute approximate surface area is 161 Å². The summed E-state index contributed by atoms with van der Waals surface area (Å²) in [6, 6.07) is 5.41. The van der Waals surface area contributed by atoms with Gasteiger partial charge in [-0.15, -0.1) is 5.10 Å². The molecule has 0 atom stereocenters. The molecule has 1 aliphatic rings. The number of thioether (sulfide) groups is 1. The van der Waals surface area contributed by atoms with Crippen molar-refractivity contribution >= 4 is 35.0 Å². The molecule has 1 heterocycles. The standard InChI is InChI=1S/C18H21N3O5S/c1-11(2)10-26-13-6-5-12(7-14(13)24-3)9-19-21-18-20-17(23)15(27-18)8-16(22)25-4/h5-9,11H,10H2,1-4H3,(H,20,21,23)/b15-8+,19-9?. The van der Waals surface area contributed by atoms with Gasteiger partial charge in [-0.2, -0.15) is 5.10 Å². The lowest BCUT2D eigenvalue weighted by Crippen LogP contribution is -2.19. The molecule has 9 heteroatoms. The summed E-state index contributed by atoms with van der Waals surface area (Å²) in [5, 5.41) is 10.7. The van der Waals surface area contributed by atoms with Crippen LogP contribution in [-0.2, 0) is 14.3 Å². The quantitative estimate of drug-likeness (QED) is 0.332. The predicted octanol–water partition coefficient (Wildman–Crippen LogP) is 2.34. The summed E-state index contributed by atoms with van der Waals surface area (Å²) < 4.78 is 15.5. The van der Waals surface area contributed by atoms with Crippen LogP contribution in [0.5, 0.6) is 11.5 Å². The number of amidine groups is 1. The van der Waals surface area contributed by atoms with Crippen LogP contribution in [0.25, 0.3) is 0 Å². The second-order valence-electron chi connectivity index (χ2n) is 5.85. The summed E-state index contributed by atoms with van der Waals surface area (Å²) in [5.74, 6) is 0.630. The van der Waals surface area contributed by atoms with E-state index in [1.54, 1.807) is 19.2 Å². The SMILES string of the molecule is COC(=O)/C=C1/S/C(=N\N=Cc2ccc(OCC(C)C)c(OC)c2)NC1=O. The zero-order valence-electron chi connectivity index (χ0n) is 15.5. The molecule has 27 heavy (non-hydrogen) atoms. The molecule has 8 nitrogen and oxygen atoms in total. The van der Waals surface area contributed by atoms with Crippen LogP contribution in [-0.4, -0.2) is 44.1 Å². The number of ether oxygens (including phenoxy) is 3. The van der Waals surface area contributed by atoms with E-state index in [0.717, 1.165) is 23.4 Å². The smallest absolute Gasteiger partial charge is 0.331 e. The Morgan fingerprint density at radius 1 is 1.30 bits per heavy atom. The fourth-order valence-electron chi connectivity index (χ4n) is 1.93. The van der Waals surface area contributed by atoms with Gasteiger partial charge in [-0.3, -0.25) is 10.1 Å². The molecule has 1 aromatic rings. The lowest BCUT2D eigenvalue weighted by Gasteiger charge is -2.12. The van der Waals surface area contributed by atoms with Gasteiger partial charge in [0.25, 0.3) is 5.91 Å².